The summed E-state index contributed by atoms with van der Waals surface area (Å²) in [7, 11) is -3.75. The average molecular weight is 309 g/mol. The maximum atomic E-state index is 12.9. The lowest BCUT2D eigenvalue weighted by Gasteiger charge is -2.12. The van der Waals surface area contributed by atoms with Gasteiger partial charge in [0.15, 0.2) is 0 Å². The molecule has 0 bridgehead atoms. The molecule has 6 heteroatoms. The fourth-order valence-electron chi connectivity index (χ4n) is 1.78. The van der Waals surface area contributed by atoms with Gasteiger partial charge >= 0.3 is 0 Å². The number of nitrogens with one attached hydrogen (secondary N) is 1. The Morgan fingerprint density at radius 2 is 1.76 bits per heavy atom. The van der Waals surface area contributed by atoms with Crippen molar-refractivity contribution in [2.75, 3.05) is 11.3 Å². The Labute approximate surface area is 123 Å². The van der Waals surface area contributed by atoms with Crippen LogP contribution in [0.25, 0.3) is 0 Å². The SMILES string of the molecule is CCOCc1ccccc1NS(=O)(=O)c1ccc(F)cc1. The summed E-state index contributed by atoms with van der Waals surface area (Å²) in [6, 6.07) is 11.7. The van der Waals surface area contributed by atoms with E-state index < -0.39 is 15.8 Å². The second kappa shape index (κ2) is 6.69. The Balaban J connectivity index is 2.26. The minimum Gasteiger partial charge on any atom is -0.377 e. The van der Waals surface area contributed by atoms with Gasteiger partial charge in [-0.15, -0.1) is 0 Å². The topological polar surface area (TPSA) is 55.4 Å². The van der Waals surface area contributed by atoms with Gasteiger partial charge in [-0.1, -0.05) is 18.2 Å². The summed E-state index contributed by atoms with van der Waals surface area (Å²) in [6.45, 7) is 2.73. The van der Waals surface area contributed by atoms with Gasteiger partial charge in [0, 0.05) is 12.2 Å². The molecule has 2 rings (SSSR count). The largest absolute Gasteiger partial charge is 0.377 e. The van der Waals surface area contributed by atoms with Crippen molar-refractivity contribution < 1.29 is 17.5 Å². The summed E-state index contributed by atoms with van der Waals surface area (Å²) in [6.07, 6.45) is 0. The van der Waals surface area contributed by atoms with E-state index in [0.29, 0.717) is 18.9 Å². The van der Waals surface area contributed by atoms with Gasteiger partial charge in [0.2, 0.25) is 0 Å². The molecule has 0 heterocycles. The lowest BCUT2D eigenvalue weighted by atomic mass is 10.2. The molecule has 0 amide bonds. The predicted octanol–water partition coefficient (Wildman–Crippen LogP) is 3.16. The number of sulfonamides is 1. The summed E-state index contributed by atoms with van der Waals surface area (Å²) >= 11 is 0. The molecule has 21 heavy (non-hydrogen) atoms. The summed E-state index contributed by atoms with van der Waals surface area (Å²) in [5.41, 5.74) is 1.19. The Bertz CT molecular complexity index is 699. The number of halogens is 1. The Morgan fingerprint density at radius 3 is 2.43 bits per heavy atom. The molecule has 0 aliphatic rings. The Hall–Kier alpha value is -1.92. The van der Waals surface area contributed by atoms with Crippen LogP contribution in [-0.4, -0.2) is 15.0 Å². The van der Waals surface area contributed by atoms with Gasteiger partial charge in [-0.25, -0.2) is 12.8 Å². The maximum Gasteiger partial charge on any atom is 0.261 e. The maximum absolute atomic E-state index is 12.9. The van der Waals surface area contributed by atoms with Crippen molar-refractivity contribution in [1.29, 1.82) is 0 Å². The third-order valence-electron chi connectivity index (χ3n) is 2.85. The number of hydrogen-bond acceptors (Lipinski definition) is 3. The molecular formula is C15H16FNO3S. The zero-order valence-electron chi connectivity index (χ0n) is 11.5. The van der Waals surface area contributed by atoms with Crippen LogP contribution >= 0.6 is 0 Å². The quantitative estimate of drug-likeness (QED) is 0.891. The van der Waals surface area contributed by atoms with Crippen LogP contribution in [0.4, 0.5) is 10.1 Å². The van der Waals surface area contributed by atoms with E-state index in [1.807, 2.05) is 13.0 Å². The van der Waals surface area contributed by atoms with Crippen molar-refractivity contribution in [2.24, 2.45) is 0 Å². The highest BCUT2D eigenvalue weighted by Gasteiger charge is 2.15. The first-order valence-electron chi connectivity index (χ1n) is 6.47. The number of rotatable bonds is 6. The van der Waals surface area contributed by atoms with Crippen LogP contribution in [-0.2, 0) is 21.4 Å². The zero-order valence-corrected chi connectivity index (χ0v) is 12.4. The van der Waals surface area contributed by atoms with Crippen molar-refractivity contribution in [3.8, 4) is 0 Å². The van der Waals surface area contributed by atoms with E-state index in [2.05, 4.69) is 4.72 Å². The highest BCUT2D eigenvalue weighted by atomic mass is 32.2. The van der Waals surface area contributed by atoms with E-state index in [0.717, 1.165) is 17.7 Å². The van der Waals surface area contributed by atoms with Crippen LogP contribution in [0.15, 0.2) is 53.4 Å². The smallest absolute Gasteiger partial charge is 0.261 e. The first kappa shape index (κ1) is 15.5. The molecule has 2 aromatic rings. The van der Waals surface area contributed by atoms with Gasteiger partial charge < -0.3 is 4.74 Å². The van der Waals surface area contributed by atoms with E-state index in [-0.39, 0.29) is 4.90 Å². The highest BCUT2D eigenvalue weighted by Crippen LogP contribution is 2.21. The van der Waals surface area contributed by atoms with Crippen LogP contribution < -0.4 is 4.72 Å². The first-order valence-corrected chi connectivity index (χ1v) is 7.95. The molecule has 0 radical (unpaired) electrons. The van der Waals surface area contributed by atoms with Gasteiger partial charge in [0.05, 0.1) is 17.2 Å². The fraction of sp³-hybridized carbons (Fsp3) is 0.200. The van der Waals surface area contributed by atoms with Crippen molar-refractivity contribution in [3.05, 3.63) is 59.9 Å². The first-order chi connectivity index (χ1) is 10.0. The summed E-state index contributed by atoms with van der Waals surface area (Å²) in [4.78, 5) is 0.00936. The molecular weight excluding hydrogens is 293 g/mol. The molecule has 0 aliphatic heterocycles. The van der Waals surface area contributed by atoms with E-state index in [1.165, 1.54) is 12.1 Å². The average Bonchev–Trinajstić information content (AvgIpc) is 2.46. The highest BCUT2D eigenvalue weighted by molar-refractivity contribution is 7.92. The molecule has 0 aromatic heterocycles. The van der Waals surface area contributed by atoms with Crippen LogP contribution in [0.1, 0.15) is 12.5 Å². The molecule has 0 saturated heterocycles. The molecule has 0 unspecified atom stereocenters. The Kier molecular flexibility index (Phi) is 4.93. The van der Waals surface area contributed by atoms with Gasteiger partial charge in [-0.2, -0.15) is 0 Å². The summed E-state index contributed by atoms with van der Waals surface area (Å²) < 4.78 is 45.2. The number of benzene rings is 2. The fourth-order valence-corrected chi connectivity index (χ4v) is 2.88. The second-order valence-electron chi connectivity index (χ2n) is 4.35. The third kappa shape index (κ3) is 4.03. The van der Waals surface area contributed by atoms with E-state index in [4.69, 9.17) is 4.74 Å². The molecule has 112 valence electrons. The van der Waals surface area contributed by atoms with Gasteiger partial charge in [0.1, 0.15) is 5.82 Å². The Morgan fingerprint density at radius 1 is 1.10 bits per heavy atom. The molecule has 0 spiro atoms. The number of anilines is 1. The number of hydrogen-bond donors (Lipinski definition) is 1. The van der Waals surface area contributed by atoms with Crippen molar-refractivity contribution >= 4 is 15.7 Å². The number of ether oxygens (including phenoxy) is 1. The molecule has 2 aromatic carbocycles. The lowest BCUT2D eigenvalue weighted by molar-refractivity contribution is 0.134. The summed E-state index contributed by atoms with van der Waals surface area (Å²) in [5, 5.41) is 0. The van der Waals surface area contributed by atoms with Crippen LogP contribution in [0.3, 0.4) is 0 Å². The second-order valence-corrected chi connectivity index (χ2v) is 6.04. The van der Waals surface area contributed by atoms with Crippen molar-refractivity contribution in [1.82, 2.24) is 0 Å². The zero-order chi connectivity index (χ0) is 15.3. The molecule has 1 N–H and O–H groups in total. The van der Waals surface area contributed by atoms with Crippen molar-refractivity contribution in [3.63, 3.8) is 0 Å². The molecule has 0 atom stereocenters. The standard InChI is InChI=1S/C15H16FNO3S/c1-2-20-11-12-5-3-4-6-15(12)17-21(18,19)14-9-7-13(16)8-10-14/h3-10,17H,2,11H2,1H3. The van der Waals surface area contributed by atoms with E-state index in [9.17, 15) is 12.8 Å². The van der Waals surface area contributed by atoms with Gasteiger partial charge in [-0.05, 0) is 37.3 Å². The number of para-hydroxylation sites is 1. The molecule has 4 nitrogen and oxygen atoms in total. The molecule has 0 saturated carbocycles. The normalized spacial score (nSPS) is 11.3. The monoisotopic (exact) mass is 309 g/mol. The minimum absolute atomic E-state index is 0.00936. The van der Waals surface area contributed by atoms with E-state index >= 15 is 0 Å². The van der Waals surface area contributed by atoms with Crippen molar-refractivity contribution in [2.45, 2.75) is 18.4 Å². The van der Waals surface area contributed by atoms with Crippen LogP contribution in [0, 0.1) is 5.82 Å². The van der Waals surface area contributed by atoms with Crippen LogP contribution in [0.5, 0.6) is 0 Å². The third-order valence-corrected chi connectivity index (χ3v) is 4.23. The van der Waals surface area contributed by atoms with E-state index in [1.54, 1.807) is 18.2 Å². The van der Waals surface area contributed by atoms with Gasteiger partial charge in [-0.3, -0.25) is 4.72 Å². The lowest BCUT2D eigenvalue weighted by Crippen LogP contribution is -2.14. The minimum atomic E-state index is -3.75. The summed E-state index contributed by atoms with van der Waals surface area (Å²) in [5.74, 6) is -0.481. The molecule has 0 fully saturated rings. The van der Waals surface area contributed by atoms with Gasteiger partial charge in [0.25, 0.3) is 10.0 Å². The van der Waals surface area contributed by atoms with Crippen LogP contribution in [0.2, 0.25) is 0 Å². The molecule has 0 aliphatic carbocycles. The predicted molar refractivity (Wildman–Crippen MR) is 79.0 cm³/mol.